The summed E-state index contributed by atoms with van der Waals surface area (Å²) in [5.41, 5.74) is 9.74. The van der Waals surface area contributed by atoms with Gasteiger partial charge in [-0.25, -0.2) is 0 Å². The number of furan rings is 1. The Balaban J connectivity index is 2.27. The third-order valence-corrected chi connectivity index (χ3v) is 3.03. The minimum atomic E-state index is 0.464. The standard InChI is InChI=1S/C13H13N3O/c1-16-12(6-14)10(7-15-16)11-8-17-13-5-3-2-4-9(11)13/h2-5,7-8H,6,14H2,1H3. The number of fused-ring (bicyclic) bond motifs is 1. The van der Waals surface area contributed by atoms with Gasteiger partial charge in [0.25, 0.3) is 0 Å². The molecule has 0 radical (unpaired) electrons. The summed E-state index contributed by atoms with van der Waals surface area (Å²) >= 11 is 0. The average Bonchev–Trinajstić information content (AvgIpc) is 2.92. The predicted octanol–water partition coefficient (Wildman–Crippen LogP) is 2.29. The van der Waals surface area contributed by atoms with Gasteiger partial charge in [-0.05, 0) is 6.07 Å². The maximum Gasteiger partial charge on any atom is 0.134 e. The van der Waals surface area contributed by atoms with E-state index in [0.29, 0.717) is 6.54 Å². The molecule has 1 aromatic carbocycles. The van der Waals surface area contributed by atoms with Crippen molar-refractivity contribution in [1.82, 2.24) is 9.78 Å². The summed E-state index contributed by atoms with van der Waals surface area (Å²) in [6.45, 7) is 0.464. The van der Waals surface area contributed by atoms with Gasteiger partial charge in [0.2, 0.25) is 0 Å². The summed E-state index contributed by atoms with van der Waals surface area (Å²) in [4.78, 5) is 0. The number of nitrogens with zero attached hydrogens (tertiary/aromatic N) is 2. The van der Waals surface area contributed by atoms with Crippen molar-refractivity contribution in [3.63, 3.8) is 0 Å². The molecule has 0 aliphatic heterocycles. The highest BCUT2D eigenvalue weighted by Crippen LogP contribution is 2.32. The highest BCUT2D eigenvalue weighted by atomic mass is 16.3. The minimum absolute atomic E-state index is 0.464. The van der Waals surface area contributed by atoms with Gasteiger partial charge >= 0.3 is 0 Å². The van der Waals surface area contributed by atoms with Crippen molar-refractivity contribution < 1.29 is 4.42 Å². The summed E-state index contributed by atoms with van der Waals surface area (Å²) in [6, 6.07) is 7.96. The lowest BCUT2D eigenvalue weighted by Crippen LogP contribution is -2.05. The lowest BCUT2D eigenvalue weighted by Gasteiger charge is -2.01. The fourth-order valence-corrected chi connectivity index (χ4v) is 2.12. The fourth-order valence-electron chi connectivity index (χ4n) is 2.12. The van der Waals surface area contributed by atoms with Crippen LogP contribution >= 0.6 is 0 Å². The van der Waals surface area contributed by atoms with Crippen molar-refractivity contribution in [2.75, 3.05) is 0 Å². The van der Waals surface area contributed by atoms with Crippen LogP contribution in [0.1, 0.15) is 5.69 Å². The molecule has 2 heterocycles. The van der Waals surface area contributed by atoms with Crippen molar-refractivity contribution in [2.24, 2.45) is 12.8 Å². The van der Waals surface area contributed by atoms with E-state index in [9.17, 15) is 0 Å². The molecular weight excluding hydrogens is 214 g/mol. The summed E-state index contributed by atoms with van der Waals surface area (Å²) in [5.74, 6) is 0. The largest absolute Gasteiger partial charge is 0.464 e. The Labute approximate surface area is 98.6 Å². The van der Waals surface area contributed by atoms with Crippen LogP contribution in [0.4, 0.5) is 0 Å². The number of rotatable bonds is 2. The van der Waals surface area contributed by atoms with Gasteiger partial charge in [-0.15, -0.1) is 0 Å². The predicted molar refractivity (Wildman–Crippen MR) is 66.3 cm³/mol. The molecule has 3 aromatic rings. The molecule has 0 spiro atoms. The monoisotopic (exact) mass is 227 g/mol. The molecule has 2 aromatic heterocycles. The molecule has 0 fully saturated rings. The minimum Gasteiger partial charge on any atom is -0.464 e. The first-order valence-electron chi connectivity index (χ1n) is 5.49. The number of para-hydroxylation sites is 1. The van der Waals surface area contributed by atoms with Crippen LogP contribution < -0.4 is 5.73 Å². The number of benzene rings is 1. The van der Waals surface area contributed by atoms with E-state index in [1.54, 1.807) is 10.9 Å². The van der Waals surface area contributed by atoms with E-state index in [-0.39, 0.29) is 0 Å². The highest BCUT2D eigenvalue weighted by molar-refractivity contribution is 5.94. The van der Waals surface area contributed by atoms with Gasteiger partial charge in [-0.3, -0.25) is 4.68 Å². The van der Waals surface area contributed by atoms with Crippen LogP contribution in [0.2, 0.25) is 0 Å². The highest BCUT2D eigenvalue weighted by Gasteiger charge is 2.14. The Morgan fingerprint density at radius 3 is 2.94 bits per heavy atom. The number of hydrogen-bond acceptors (Lipinski definition) is 3. The second-order valence-corrected chi connectivity index (χ2v) is 3.98. The zero-order valence-electron chi connectivity index (χ0n) is 9.55. The van der Waals surface area contributed by atoms with Crippen molar-refractivity contribution in [2.45, 2.75) is 6.54 Å². The Morgan fingerprint density at radius 1 is 1.29 bits per heavy atom. The van der Waals surface area contributed by atoms with E-state index in [1.807, 2.05) is 37.5 Å². The smallest absolute Gasteiger partial charge is 0.134 e. The molecule has 0 saturated carbocycles. The molecule has 0 bridgehead atoms. The molecule has 4 nitrogen and oxygen atoms in total. The van der Waals surface area contributed by atoms with Crippen molar-refractivity contribution in [1.29, 1.82) is 0 Å². The summed E-state index contributed by atoms with van der Waals surface area (Å²) in [6.07, 6.45) is 3.60. The Morgan fingerprint density at radius 2 is 2.12 bits per heavy atom. The average molecular weight is 227 g/mol. The summed E-state index contributed by atoms with van der Waals surface area (Å²) in [5, 5.41) is 5.34. The first-order valence-corrected chi connectivity index (χ1v) is 5.49. The van der Waals surface area contributed by atoms with Gasteiger partial charge in [-0.1, -0.05) is 18.2 Å². The van der Waals surface area contributed by atoms with Gasteiger partial charge in [0.15, 0.2) is 0 Å². The van der Waals surface area contributed by atoms with E-state index in [1.165, 1.54) is 0 Å². The van der Waals surface area contributed by atoms with Crippen LogP contribution in [0.3, 0.4) is 0 Å². The zero-order chi connectivity index (χ0) is 11.8. The molecule has 2 N–H and O–H groups in total. The zero-order valence-corrected chi connectivity index (χ0v) is 9.55. The van der Waals surface area contributed by atoms with E-state index < -0.39 is 0 Å². The molecular formula is C13H13N3O. The third-order valence-electron chi connectivity index (χ3n) is 3.03. The van der Waals surface area contributed by atoms with Gasteiger partial charge in [0.05, 0.1) is 18.2 Å². The first kappa shape index (κ1) is 10.1. The van der Waals surface area contributed by atoms with E-state index in [2.05, 4.69) is 5.10 Å². The molecule has 17 heavy (non-hydrogen) atoms. The van der Waals surface area contributed by atoms with Crippen LogP contribution in [0.15, 0.2) is 41.1 Å². The van der Waals surface area contributed by atoms with Gasteiger partial charge in [0.1, 0.15) is 5.58 Å². The SMILES string of the molecule is Cn1ncc(-c2coc3ccccc23)c1CN. The topological polar surface area (TPSA) is 57.0 Å². The van der Waals surface area contributed by atoms with E-state index in [4.69, 9.17) is 10.2 Å². The molecule has 0 saturated heterocycles. The van der Waals surface area contributed by atoms with Crippen LogP contribution in [0, 0.1) is 0 Å². The normalized spacial score (nSPS) is 11.2. The van der Waals surface area contributed by atoms with Crippen LogP contribution in [0.5, 0.6) is 0 Å². The second kappa shape index (κ2) is 3.75. The third kappa shape index (κ3) is 1.45. The fraction of sp³-hybridized carbons (Fsp3) is 0.154. The van der Waals surface area contributed by atoms with E-state index in [0.717, 1.165) is 27.8 Å². The molecule has 0 aliphatic rings. The summed E-state index contributed by atoms with van der Waals surface area (Å²) < 4.78 is 7.34. The number of aromatic nitrogens is 2. The Kier molecular flexibility index (Phi) is 2.23. The Hall–Kier alpha value is -2.07. The van der Waals surface area contributed by atoms with Crippen LogP contribution in [-0.2, 0) is 13.6 Å². The lowest BCUT2D eigenvalue weighted by atomic mass is 10.1. The number of nitrogens with two attached hydrogens (primary N) is 1. The molecule has 86 valence electrons. The van der Waals surface area contributed by atoms with Crippen LogP contribution in [-0.4, -0.2) is 9.78 Å². The Bertz CT molecular complexity index is 666. The molecule has 0 unspecified atom stereocenters. The van der Waals surface area contributed by atoms with Gasteiger partial charge in [-0.2, -0.15) is 5.10 Å². The maximum absolute atomic E-state index is 5.75. The molecule has 4 heteroatoms. The summed E-state index contributed by atoms with van der Waals surface area (Å²) in [7, 11) is 1.90. The van der Waals surface area contributed by atoms with Gasteiger partial charge < -0.3 is 10.2 Å². The van der Waals surface area contributed by atoms with Crippen molar-refractivity contribution in [3.05, 3.63) is 42.4 Å². The second-order valence-electron chi connectivity index (χ2n) is 3.98. The molecule has 0 aliphatic carbocycles. The molecule has 0 amide bonds. The number of hydrogen-bond donors (Lipinski definition) is 1. The first-order chi connectivity index (χ1) is 8.31. The van der Waals surface area contributed by atoms with Crippen molar-refractivity contribution in [3.8, 4) is 11.1 Å². The molecule has 0 atom stereocenters. The van der Waals surface area contributed by atoms with Gasteiger partial charge in [0, 0.05) is 30.1 Å². The number of aryl methyl sites for hydroxylation is 1. The van der Waals surface area contributed by atoms with Crippen molar-refractivity contribution >= 4 is 11.0 Å². The van der Waals surface area contributed by atoms with E-state index >= 15 is 0 Å². The molecule has 3 rings (SSSR count). The maximum atomic E-state index is 5.75. The van der Waals surface area contributed by atoms with Crippen LogP contribution in [0.25, 0.3) is 22.1 Å². The lowest BCUT2D eigenvalue weighted by molar-refractivity contribution is 0.617. The quantitative estimate of drug-likeness (QED) is 0.730.